The van der Waals surface area contributed by atoms with Crippen LogP contribution in [0, 0.1) is 0 Å². The smallest absolute Gasteiger partial charge is 0.0555 e. The Hall–Kier alpha value is -0.860. The highest BCUT2D eigenvalue weighted by molar-refractivity contribution is 5.22. The van der Waals surface area contributed by atoms with Crippen molar-refractivity contribution in [3.8, 4) is 0 Å². The normalized spacial score (nSPS) is 12.3. The summed E-state index contributed by atoms with van der Waals surface area (Å²) in [6.07, 6.45) is 10.1. The fraction of sp³-hybridized carbons (Fsp3) is 0.500. The van der Waals surface area contributed by atoms with E-state index in [2.05, 4.69) is 31.0 Å². The summed E-state index contributed by atoms with van der Waals surface area (Å²) in [7, 11) is 0. The number of rotatable bonds is 8. The van der Waals surface area contributed by atoms with Gasteiger partial charge in [-0.05, 0) is 25.0 Å². The first-order valence-corrected chi connectivity index (χ1v) is 5.14. The van der Waals surface area contributed by atoms with E-state index in [1.54, 1.807) is 6.08 Å². The molecular formula is C12H21NO. The van der Waals surface area contributed by atoms with Gasteiger partial charge in [0.1, 0.15) is 0 Å². The second kappa shape index (κ2) is 10.2. The lowest BCUT2D eigenvalue weighted by Gasteiger charge is -2.03. The first-order valence-electron chi connectivity index (χ1n) is 5.14. The van der Waals surface area contributed by atoms with E-state index in [9.17, 15) is 0 Å². The third kappa shape index (κ3) is 7.77. The van der Waals surface area contributed by atoms with E-state index in [-0.39, 0.29) is 6.61 Å². The Labute approximate surface area is 87.0 Å². The third-order valence-electron chi connectivity index (χ3n) is 1.78. The van der Waals surface area contributed by atoms with Crippen LogP contribution < -0.4 is 5.32 Å². The molecule has 0 radical (unpaired) electrons. The molecule has 0 aromatic carbocycles. The van der Waals surface area contributed by atoms with Crippen LogP contribution in [-0.4, -0.2) is 24.8 Å². The van der Waals surface area contributed by atoms with Crippen molar-refractivity contribution in [2.45, 2.75) is 19.8 Å². The monoisotopic (exact) mass is 195 g/mol. The minimum atomic E-state index is 0.200. The van der Waals surface area contributed by atoms with Crippen molar-refractivity contribution in [3.63, 3.8) is 0 Å². The molecule has 0 atom stereocenters. The highest BCUT2D eigenvalue weighted by Gasteiger charge is 1.91. The van der Waals surface area contributed by atoms with Gasteiger partial charge in [0.05, 0.1) is 6.61 Å². The average Bonchev–Trinajstić information content (AvgIpc) is 2.20. The maximum Gasteiger partial charge on any atom is 0.0555 e. The molecule has 0 unspecified atom stereocenters. The predicted octanol–water partition coefficient (Wildman–Crippen LogP) is 2.04. The van der Waals surface area contributed by atoms with Crippen LogP contribution in [0.4, 0.5) is 0 Å². The van der Waals surface area contributed by atoms with E-state index in [0.717, 1.165) is 19.4 Å². The number of allylic oxidation sites excluding steroid dienone is 4. The van der Waals surface area contributed by atoms with Gasteiger partial charge in [-0.1, -0.05) is 37.8 Å². The molecule has 2 heteroatoms. The first kappa shape index (κ1) is 13.1. The summed E-state index contributed by atoms with van der Waals surface area (Å²) in [4.78, 5) is 0. The fourth-order valence-electron chi connectivity index (χ4n) is 1.08. The van der Waals surface area contributed by atoms with Gasteiger partial charge in [0.25, 0.3) is 0 Å². The van der Waals surface area contributed by atoms with E-state index in [1.165, 1.54) is 5.57 Å². The molecule has 0 rings (SSSR count). The van der Waals surface area contributed by atoms with Gasteiger partial charge in [0, 0.05) is 6.54 Å². The van der Waals surface area contributed by atoms with Crippen LogP contribution in [0.25, 0.3) is 0 Å². The number of aliphatic hydroxyl groups excluding tert-OH is 1. The van der Waals surface area contributed by atoms with Crippen molar-refractivity contribution in [2.75, 3.05) is 19.7 Å². The Bertz CT molecular complexity index is 194. The number of aliphatic hydroxyl groups is 1. The van der Waals surface area contributed by atoms with E-state index in [1.807, 2.05) is 6.08 Å². The zero-order chi connectivity index (χ0) is 10.6. The zero-order valence-corrected chi connectivity index (χ0v) is 9.00. The topological polar surface area (TPSA) is 32.3 Å². The summed E-state index contributed by atoms with van der Waals surface area (Å²) in [6.45, 7) is 7.56. The molecule has 0 heterocycles. The van der Waals surface area contributed by atoms with E-state index in [0.29, 0.717) is 6.54 Å². The quantitative estimate of drug-likeness (QED) is 0.459. The molecule has 0 aliphatic rings. The summed E-state index contributed by atoms with van der Waals surface area (Å²) in [5, 5.41) is 11.7. The Kier molecular flexibility index (Phi) is 9.59. The molecule has 2 nitrogen and oxygen atoms in total. The molecule has 2 N–H and O–H groups in total. The van der Waals surface area contributed by atoms with Gasteiger partial charge >= 0.3 is 0 Å². The summed E-state index contributed by atoms with van der Waals surface area (Å²) in [6, 6.07) is 0. The number of hydrogen-bond donors (Lipinski definition) is 2. The molecule has 0 bridgehead atoms. The third-order valence-corrected chi connectivity index (χ3v) is 1.78. The summed E-state index contributed by atoms with van der Waals surface area (Å²) in [5.74, 6) is 0. The largest absolute Gasteiger partial charge is 0.395 e. The minimum Gasteiger partial charge on any atom is -0.395 e. The van der Waals surface area contributed by atoms with Gasteiger partial charge in [-0.15, -0.1) is 0 Å². The zero-order valence-electron chi connectivity index (χ0n) is 9.00. The average molecular weight is 195 g/mol. The SMILES string of the molecule is C=C/C=C(\C=C/CC)CCNCCO. The Balaban J connectivity index is 3.80. The molecule has 0 spiro atoms. The van der Waals surface area contributed by atoms with Crippen LogP contribution in [0.3, 0.4) is 0 Å². The van der Waals surface area contributed by atoms with Gasteiger partial charge in [0.15, 0.2) is 0 Å². The van der Waals surface area contributed by atoms with Crippen molar-refractivity contribution in [1.29, 1.82) is 0 Å². The van der Waals surface area contributed by atoms with Gasteiger partial charge in [0.2, 0.25) is 0 Å². The highest BCUT2D eigenvalue weighted by atomic mass is 16.3. The molecular weight excluding hydrogens is 174 g/mol. The molecule has 80 valence electrons. The highest BCUT2D eigenvalue weighted by Crippen LogP contribution is 2.03. The molecule has 0 saturated carbocycles. The van der Waals surface area contributed by atoms with Gasteiger partial charge in [-0.3, -0.25) is 0 Å². The van der Waals surface area contributed by atoms with Crippen molar-refractivity contribution in [1.82, 2.24) is 5.32 Å². The van der Waals surface area contributed by atoms with Crippen molar-refractivity contribution in [2.24, 2.45) is 0 Å². The molecule has 0 aromatic heterocycles. The lowest BCUT2D eigenvalue weighted by atomic mass is 10.1. The first-order chi connectivity index (χ1) is 6.85. The van der Waals surface area contributed by atoms with Crippen molar-refractivity contribution < 1.29 is 5.11 Å². The van der Waals surface area contributed by atoms with E-state index < -0.39 is 0 Å². The van der Waals surface area contributed by atoms with Crippen LogP contribution in [0.15, 0.2) is 36.5 Å². The second-order valence-electron chi connectivity index (χ2n) is 3.01. The van der Waals surface area contributed by atoms with Crippen LogP contribution in [0.5, 0.6) is 0 Å². The van der Waals surface area contributed by atoms with Crippen LogP contribution in [0.1, 0.15) is 19.8 Å². The lowest BCUT2D eigenvalue weighted by Crippen LogP contribution is -2.19. The Morgan fingerprint density at radius 1 is 1.43 bits per heavy atom. The second-order valence-corrected chi connectivity index (χ2v) is 3.01. The fourth-order valence-corrected chi connectivity index (χ4v) is 1.08. The summed E-state index contributed by atoms with van der Waals surface area (Å²) < 4.78 is 0. The summed E-state index contributed by atoms with van der Waals surface area (Å²) >= 11 is 0. The van der Waals surface area contributed by atoms with Gasteiger partial charge in [-0.25, -0.2) is 0 Å². The predicted molar refractivity (Wildman–Crippen MR) is 62.3 cm³/mol. The van der Waals surface area contributed by atoms with E-state index in [4.69, 9.17) is 5.11 Å². The maximum atomic E-state index is 8.57. The molecule has 0 aliphatic carbocycles. The van der Waals surface area contributed by atoms with Crippen molar-refractivity contribution >= 4 is 0 Å². The standard InChI is InChI=1S/C12H21NO/c1-3-5-7-12(6-4-2)8-9-13-10-11-14/h4-7,13-14H,2-3,8-11H2,1H3/b7-5-,12-6+. The molecule has 0 fully saturated rings. The summed E-state index contributed by atoms with van der Waals surface area (Å²) in [5.41, 5.74) is 1.27. The van der Waals surface area contributed by atoms with Crippen molar-refractivity contribution in [3.05, 3.63) is 36.5 Å². The molecule has 0 aromatic rings. The molecule has 0 saturated heterocycles. The van der Waals surface area contributed by atoms with E-state index >= 15 is 0 Å². The number of nitrogens with one attached hydrogen (secondary N) is 1. The molecule has 0 aliphatic heterocycles. The lowest BCUT2D eigenvalue weighted by molar-refractivity contribution is 0.293. The Morgan fingerprint density at radius 3 is 2.79 bits per heavy atom. The minimum absolute atomic E-state index is 0.200. The molecule has 14 heavy (non-hydrogen) atoms. The van der Waals surface area contributed by atoms with Crippen LogP contribution in [0.2, 0.25) is 0 Å². The van der Waals surface area contributed by atoms with Crippen LogP contribution in [-0.2, 0) is 0 Å². The van der Waals surface area contributed by atoms with Gasteiger partial charge in [-0.2, -0.15) is 0 Å². The molecule has 0 amide bonds. The number of hydrogen-bond acceptors (Lipinski definition) is 2. The van der Waals surface area contributed by atoms with Crippen LogP contribution >= 0.6 is 0 Å². The Morgan fingerprint density at radius 2 is 2.21 bits per heavy atom. The van der Waals surface area contributed by atoms with Gasteiger partial charge < -0.3 is 10.4 Å². The maximum absolute atomic E-state index is 8.57.